The lowest BCUT2D eigenvalue weighted by atomic mass is 10.0. The maximum Gasteiger partial charge on any atom is 0.335 e. The number of nitrogens with two attached hydrogens (primary N) is 2. The number of hydrogen-bond donors (Lipinski definition) is 3. The van der Waals surface area contributed by atoms with Gasteiger partial charge in [-0.25, -0.2) is 4.79 Å². The zero-order valence-electron chi connectivity index (χ0n) is 9.58. The maximum absolute atomic E-state index is 10.9. The Labute approximate surface area is 103 Å². The Balaban J connectivity index is 2.52. The molecule has 0 fully saturated rings. The number of nitrogen functional groups attached to an aromatic ring is 2. The summed E-state index contributed by atoms with van der Waals surface area (Å²) in [6.07, 6.45) is 0. The zero-order chi connectivity index (χ0) is 13.3. The standard InChI is InChI=1S/C11H11N5O2/c1-5-4-6(2-3-7(5)9(17)18)8-14-10(12)16-11(13)15-8/h2-4H,1H3,(H,17,18)(H4,12,13,14,15,16). The number of anilines is 2. The molecule has 5 N–H and O–H groups in total. The SMILES string of the molecule is Cc1cc(-c2nc(N)nc(N)n2)ccc1C(=O)O. The van der Waals surface area contributed by atoms with Crippen molar-refractivity contribution in [1.29, 1.82) is 0 Å². The summed E-state index contributed by atoms with van der Waals surface area (Å²) < 4.78 is 0. The van der Waals surface area contributed by atoms with Crippen molar-refractivity contribution in [3.8, 4) is 11.4 Å². The molecular weight excluding hydrogens is 234 g/mol. The lowest BCUT2D eigenvalue weighted by Gasteiger charge is -2.05. The van der Waals surface area contributed by atoms with Crippen molar-refractivity contribution in [2.45, 2.75) is 6.92 Å². The molecule has 0 atom stereocenters. The Morgan fingerprint density at radius 3 is 2.28 bits per heavy atom. The Morgan fingerprint density at radius 1 is 1.17 bits per heavy atom. The van der Waals surface area contributed by atoms with Crippen LogP contribution in [0.4, 0.5) is 11.9 Å². The average molecular weight is 245 g/mol. The van der Waals surface area contributed by atoms with Crippen LogP contribution in [0.5, 0.6) is 0 Å². The van der Waals surface area contributed by atoms with E-state index in [0.717, 1.165) is 0 Å². The number of carboxylic acids is 1. The van der Waals surface area contributed by atoms with Crippen molar-refractivity contribution in [1.82, 2.24) is 15.0 Å². The van der Waals surface area contributed by atoms with Crippen LogP contribution in [0.1, 0.15) is 15.9 Å². The van der Waals surface area contributed by atoms with Crippen LogP contribution in [-0.4, -0.2) is 26.0 Å². The van der Waals surface area contributed by atoms with Crippen LogP contribution in [0, 0.1) is 6.92 Å². The summed E-state index contributed by atoms with van der Waals surface area (Å²) in [5.41, 5.74) is 12.4. The molecule has 0 spiro atoms. The van der Waals surface area contributed by atoms with Gasteiger partial charge < -0.3 is 16.6 Å². The molecule has 1 heterocycles. The number of benzene rings is 1. The summed E-state index contributed by atoms with van der Waals surface area (Å²) in [5, 5.41) is 8.93. The van der Waals surface area contributed by atoms with Gasteiger partial charge in [-0.05, 0) is 24.6 Å². The first-order chi connectivity index (χ1) is 8.47. The smallest absolute Gasteiger partial charge is 0.335 e. The number of hydrogen-bond acceptors (Lipinski definition) is 6. The molecule has 0 aliphatic carbocycles. The van der Waals surface area contributed by atoms with Crippen LogP contribution in [0.2, 0.25) is 0 Å². The van der Waals surface area contributed by atoms with Crippen molar-refractivity contribution in [2.24, 2.45) is 0 Å². The minimum Gasteiger partial charge on any atom is -0.478 e. The number of carbonyl (C=O) groups is 1. The van der Waals surface area contributed by atoms with Crippen LogP contribution in [0.3, 0.4) is 0 Å². The number of aromatic nitrogens is 3. The third kappa shape index (κ3) is 2.19. The van der Waals surface area contributed by atoms with Gasteiger partial charge in [0.15, 0.2) is 5.82 Å². The summed E-state index contributed by atoms with van der Waals surface area (Å²) in [6, 6.07) is 4.76. The number of aromatic carboxylic acids is 1. The molecule has 0 radical (unpaired) electrons. The predicted octanol–water partition coefficient (Wildman–Crippen LogP) is 0.710. The molecule has 2 rings (SSSR count). The van der Waals surface area contributed by atoms with E-state index in [9.17, 15) is 4.79 Å². The van der Waals surface area contributed by atoms with Crippen LogP contribution in [0.15, 0.2) is 18.2 Å². The molecule has 0 aliphatic rings. The van der Waals surface area contributed by atoms with Gasteiger partial charge in [0.25, 0.3) is 0 Å². The minimum atomic E-state index is -0.978. The van der Waals surface area contributed by atoms with E-state index in [-0.39, 0.29) is 17.5 Å². The summed E-state index contributed by atoms with van der Waals surface area (Å²) in [7, 11) is 0. The third-order valence-electron chi connectivity index (χ3n) is 2.39. The highest BCUT2D eigenvalue weighted by molar-refractivity contribution is 5.90. The summed E-state index contributed by atoms with van der Waals surface area (Å²) >= 11 is 0. The molecule has 18 heavy (non-hydrogen) atoms. The van der Waals surface area contributed by atoms with Crippen LogP contribution < -0.4 is 11.5 Å². The molecule has 1 aromatic carbocycles. The van der Waals surface area contributed by atoms with E-state index in [4.69, 9.17) is 16.6 Å². The third-order valence-corrected chi connectivity index (χ3v) is 2.39. The van der Waals surface area contributed by atoms with E-state index >= 15 is 0 Å². The van der Waals surface area contributed by atoms with Gasteiger partial charge in [0.05, 0.1) is 5.56 Å². The predicted molar refractivity (Wildman–Crippen MR) is 65.8 cm³/mol. The quantitative estimate of drug-likeness (QED) is 0.710. The fourth-order valence-corrected chi connectivity index (χ4v) is 1.58. The normalized spacial score (nSPS) is 10.3. The van der Waals surface area contributed by atoms with Crippen molar-refractivity contribution in [3.05, 3.63) is 29.3 Å². The van der Waals surface area contributed by atoms with Gasteiger partial charge in [0.2, 0.25) is 11.9 Å². The molecule has 0 aliphatic heterocycles. The van der Waals surface area contributed by atoms with Crippen LogP contribution in [0.25, 0.3) is 11.4 Å². The van der Waals surface area contributed by atoms with Gasteiger partial charge in [-0.15, -0.1) is 0 Å². The monoisotopic (exact) mass is 245 g/mol. The van der Waals surface area contributed by atoms with Crippen molar-refractivity contribution < 1.29 is 9.90 Å². The topological polar surface area (TPSA) is 128 Å². The molecule has 7 nitrogen and oxygen atoms in total. The van der Waals surface area contributed by atoms with Crippen molar-refractivity contribution in [2.75, 3.05) is 11.5 Å². The first kappa shape index (κ1) is 11.8. The Hall–Kier alpha value is -2.70. The minimum absolute atomic E-state index is 0.0254. The highest BCUT2D eigenvalue weighted by atomic mass is 16.4. The molecule has 0 saturated heterocycles. The van der Waals surface area contributed by atoms with E-state index in [1.165, 1.54) is 6.07 Å². The second-order valence-electron chi connectivity index (χ2n) is 3.71. The largest absolute Gasteiger partial charge is 0.478 e. The van der Waals surface area contributed by atoms with Crippen molar-refractivity contribution in [3.63, 3.8) is 0 Å². The van der Waals surface area contributed by atoms with Crippen LogP contribution in [-0.2, 0) is 0 Å². The van der Waals surface area contributed by atoms with Crippen LogP contribution >= 0.6 is 0 Å². The van der Waals surface area contributed by atoms with E-state index in [2.05, 4.69) is 15.0 Å². The molecule has 1 aromatic heterocycles. The van der Waals surface area contributed by atoms with Crippen molar-refractivity contribution >= 4 is 17.9 Å². The summed E-state index contributed by atoms with van der Waals surface area (Å²) in [6.45, 7) is 1.70. The first-order valence-corrected chi connectivity index (χ1v) is 5.08. The molecule has 0 saturated carbocycles. The highest BCUT2D eigenvalue weighted by Crippen LogP contribution is 2.20. The Kier molecular flexibility index (Phi) is 2.80. The molecule has 2 aromatic rings. The van der Waals surface area contributed by atoms with Gasteiger partial charge in [-0.2, -0.15) is 15.0 Å². The summed E-state index contributed by atoms with van der Waals surface area (Å²) in [5.74, 6) is -0.608. The Morgan fingerprint density at radius 2 is 1.78 bits per heavy atom. The first-order valence-electron chi connectivity index (χ1n) is 5.08. The molecule has 92 valence electrons. The average Bonchev–Trinajstić information content (AvgIpc) is 2.26. The number of rotatable bonds is 2. The molecule has 0 unspecified atom stereocenters. The fourth-order valence-electron chi connectivity index (χ4n) is 1.58. The zero-order valence-corrected chi connectivity index (χ0v) is 9.58. The molecule has 0 bridgehead atoms. The second kappa shape index (κ2) is 4.28. The highest BCUT2D eigenvalue weighted by Gasteiger charge is 2.10. The Bertz CT molecular complexity index is 607. The number of nitrogens with zero attached hydrogens (tertiary/aromatic N) is 3. The van der Waals surface area contributed by atoms with Gasteiger partial charge in [0.1, 0.15) is 0 Å². The number of aryl methyl sites for hydroxylation is 1. The maximum atomic E-state index is 10.9. The van der Waals surface area contributed by atoms with E-state index in [0.29, 0.717) is 17.0 Å². The van der Waals surface area contributed by atoms with E-state index < -0.39 is 5.97 Å². The molecular formula is C11H11N5O2. The molecule has 7 heteroatoms. The van der Waals surface area contributed by atoms with Gasteiger partial charge in [-0.1, -0.05) is 6.07 Å². The summed E-state index contributed by atoms with van der Waals surface area (Å²) in [4.78, 5) is 22.5. The lowest BCUT2D eigenvalue weighted by molar-refractivity contribution is 0.0696. The fraction of sp³-hybridized carbons (Fsp3) is 0.0909. The second-order valence-corrected chi connectivity index (χ2v) is 3.71. The lowest BCUT2D eigenvalue weighted by Crippen LogP contribution is -2.05. The van der Waals surface area contributed by atoms with E-state index in [1.54, 1.807) is 19.1 Å². The van der Waals surface area contributed by atoms with E-state index in [1.807, 2.05) is 0 Å². The van der Waals surface area contributed by atoms with Gasteiger partial charge in [0, 0.05) is 5.56 Å². The number of carboxylic acid groups (broad SMARTS) is 1. The van der Waals surface area contributed by atoms with Gasteiger partial charge >= 0.3 is 5.97 Å². The molecule has 0 amide bonds. The van der Waals surface area contributed by atoms with Gasteiger partial charge in [-0.3, -0.25) is 0 Å².